The van der Waals surface area contributed by atoms with Crippen LogP contribution in [0.15, 0.2) is 18.2 Å². The van der Waals surface area contributed by atoms with Crippen molar-refractivity contribution in [3.8, 4) is 0 Å². The van der Waals surface area contributed by atoms with Crippen LogP contribution in [0, 0.1) is 5.82 Å². The Morgan fingerprint density at radius 2 is 2.29 bits per heavy atom. The molecule has 1 aliphatic carbocycles. The zero-order valence-electron chi connectivity index (χ0n) is 9.88. The second kappa shape index (κ2) is 6.07. The maximum absolute atomic E-state index is 13.5. The van der Waals surface area contributed by atoms with Gasteiger partial charge >= 0.3 is 0 Å². The van der Waals surface area contributed by atoms with Gasteiger partial charge in [0.05, 0.1) is 0 Å². The van der Waals surface area contributed by atoms with Crippen molar-refractivity contribution in [1.82, 2.24) is 5.32 Å². The van der Waals surface area contributed by atoms with E-state index in [1.807, 2.05) is 11.8 Å². The predicted molar refractivity (Wildman–Crippen MR) is 73.2 cm³/mol. The standard InChI is InChI=1S/C13H17ClFNS/c1-17-13-4-2-3-12(13)16-8-9-7-10(14)5-6-11(9)15/h5-7,12-13,16H,2-4,8H2,1H3. The number of hydrogen-bond donors (Lipinski definition) is 1. The summed E-state index contributed by atoms with van der Waals surface area (Å²) < 4.78 is 13.5. The molecule has 1 N–H and O–H groups in total. The lowest BCUT2D eigenvalue weighted by molar-refractivity contribution is 0.515. The van der Waals surface area contributed by atoms with Gasteiger partial charge in [-0.1, -0.05) is 18.0 Å². The van der Waals surface area contributed by atoms with Crippen LogP contribution >= 0.6 is 23.4 Å². The van der Waals surface area contributed by atoms with Gasteiger partial charge in [0.25, 0.3) is 0 Å². The summed E-state index contributed by atoms with van der Waals surface area (Å²) in [5.41, 5.74) is 0.657. The van der Waals surface area contributed by atoms with E-state index in [0.29, 0.717) is 28.4 Å². The van der Waals surface area contributed by atoms with Crippen molar-refractivity contribution in [3.63, 3.8) is 0 Å². The summed E-state index contributed by atoms with van der Waals surface area (Å²) in [6.45, 7) is 0.564. The van der Waals surface area contributed by atoms with Crippen molar-refractivity contribution in [2.75, 3.05) is 6.26 Å². The minimum atomic E-state index is -0.180. The minimum absolute atomic E-state index is 0.180. The van der Waals surface area contributed by atoms with Gasteiger partial charge in [0.1, 0.15) is 5.82 Å². The van der Waals surface area contributed by atoms with Crippen molar-refractivity contribution >= 4 is 23.4 Å². The lowest BCUT2D eigenvalue weighted by Crippen LogP contribution is -2.33. The highest BCUT2D eigenvalue weighted by molar-refractivity contribution is 7.99. The van der Waals surface area contributed by atoms with Crippen LogP contribution in [0.5, 0.6) is 0 Å². The topological polar surface area (TPSA) is 12.0 Å². The molecule has 17 heavy (non-hydrogen) atoms. The minimum Gasteiger partial charge on any atom is -0.309 e. The molecule has 2 atom stereocenters. The van der Waals surface area contributed by atoms with Gasteiger partial charge in [-0.25, -0.2) is 4.39 Å². The third-order valence-electron chi connectivity index (χ3n) is 3.32. The molecule has 1 nitrogen and oxygen atoms in total. The van der Waals surface area contributed by atoms with Gasteiger partial charge in [0, 0.05) is 28.4 Å². The molecule has 1 aromatic carbocycles. The van der Waals surface area contributed by atoms with Crippen molar-refractivity contribution in [1.29, 1.82) is 0 Å². The highest BCUT2D eigenvalue weighted by atomic mass is 35.5. The van der Waals surface area contributed by atoms with Crippen LogP contribution in [-0.4, -0.2) is 17.5 Å². The SMILES string of the molecule is CSC1CCCC1NCc1cc(Cl)ccc1F. The average Bonchev–Trinajstić information content (AvgIpc) is 2.77. The first-order valence-corrected chi connectivity index (χ1v) is 7.57. The average molecular weight is 274 g/mol. The van der Waals surface area contributed by atoms with E-state index < -0.39 is 0 Å². The summed E-state index contributed by atoms with van der Waals surface area (Å²) in [5, 5.41) is 4.71. The zero-order valence-corrected chi connectivity index (χ0v) is 11.5. The molecule has 2 rings (SSSR count). The molecule has 0 heterocycles. The molecular weight excluding hydrogens is 257 g/mol. The third-order valence-corrected chi connectivity index (χ3v) is 4.72. The van der Waals surface area contributed by atoms with Crippen LogP contribution < -0.4 is 5.32 Å². The van der Waals surface area contributed by atoms with Gasteiger partial charge < -0.3 is 5.32 Å². The molecule has 0 amide bonds. The number of benzene rings is 1. The molecule has 1 aliphatic rings. The van der Waals surface area contributed by atoms with Gasteiger partial charge in [-0.3, -0.25) is 0 Å². The summed E-state index contributed by atoms with van der Waals surface area (Å²) >= 11 is 7.77. The Morgan fingerprint density at radius 1 is 1.47 bits per heavy atom. The molecule has 1 aromatic rings. The van der Waals surface area contributed by atoms with Gasteiger partial charge in [-0.2, -0.15) is 11.8 Å². The Labute approximate surface area is 111 Å². The molecular formula is C13H17ClFNS. The summed E-state index contributed by atoms with van der Waals surface area (Å²) in [4.78, 5) is 0. The van der Waals surface area contributed by atoms with E-state index in [9.17, 15) is 4.39 Å². The summed E-state index contributed by atoms with van der Waals surface area (Å²) in [7, 11) is 0. The van der Waals surface area contributed by atoms with Gasteiger partial charge in [-0.15, -0.1) is 0 Å². The second-order valence-corrected chi connectivity index (χ2v) is 5.94. The fourth-order valence-corrected chi connectivity index (χ4v) is 3.52. The summed E-state index contributed by atoms with van der Waals surface area (Å²) in [5.74, 6) is -0.180. The first kappa shape index (κ1) is 13.2. The van der Waals surface area contributed by atoms with Crippen molar-refractivity contribution in [3.05, 3.63) is 34.6 Å². The van der Waals surface area contributed by atoms with Crippen molar-refractivity contribution in [2.45, 2.75) is 37.1 Å². The number of halogens is 2. The Hall–Kier alpha value is -0.250. The first-order chi connectivity index (χ1) is 8.20. The van der Waals surface area contributed by atoms with E-state index >= 15 is 0 Å². The van der Waals surface area contributed by atoms with Gasteiger partial charge in [-0.05, 0) is 37.3 Å². The lowest BCUT2D eigenvalue weighted by atomic mass is 10.2. The monoisotopic (exact) mass is 273 g/mol. The molecule has 0 bridgehead atoms. The first-order valence-electron chi connectivity index (χ1n) is 5.91. The van der Waals surface area contributed by atoms with E-state index in [-0.39, 0.29) is 5.82 Å². The molecule has 0 saturated heterocycles. The molecule has 0 aromatic heterocycles. The summed E-state index contributed by atoms with van der Waals surface area (Å²) in [6.07, 6.45) is 5.86. The number of thioether (sulfide) groups is 1. The fourth-order valence-electron chi connectivity index (χ4n) is 2.36. The Kier molecular flexibility index (Phi) is 4.71. The number of rotatable bonds is 4. The van der Waals surface area contributed by atoms with Crippen molar-refractivity contribution < 1.29 is 4.39 Å². The molecule has 0 spiro atoms. The van der Waals surface area contributed by atoms with Crippen LogP contribution in [0.3, 0.4) is 0 Å². The molecule has 1 saturated carbocycles. The normalized spacial score (nSPS) is 24.2. The fraction of sp³-hybridized carbons (Fsp3) is 0.538. The Bertz CT molecular complexity index is 386. The van der Waals surface area contributed by atoms with E-state index in [1.165, 1.54) is 25.3 Å². The predicted octanol–water partition coefficient (Wildman–Crippen LogP) is 3.85. The highest BCUT2D eigenvalue weighted by Crippen LogP contribution is 2.28. The maximum atomic E-state index is 13.5. The third kappa shape index (κ3) is 3.36. The molecule has 1 fully saturated rings. The molecule has 4 heteroatoms. The maximum Gasteiger partial charge on any atom is 0.127 e. The van der Waals surface area contributed by atoms with E-state index in [0.717, 1.165) is 0 Å². The lowest BCUT2D eigenvalue weighted by Gasteiger charge is -2.19. The highest BCUT2D eigenvalue weighted by Gasteiger charge is 2.25. The molecule has 2 unspecified atom stereocenters. The van der Waals surface area contributed by atoms with Crippen LogP contribution in [-0.2, 0) is 6.54 Å². The molecule has 0 radical (unpaired) electrons. The van der Waals surface area contributed by atoms with Crippen molar-refractivity contribution in [2.24, 2.45) is 0 Å². The quantitative estimate of drug-likeness (QED) is 0.894. The number of hydrogen-bond acceptors (Lipinski definition) is 2. The Balaban J connectivity index is 1.95. The number of nitrogens with one attached hydrogen (secondary N) is 1. The van der Waals surface area contributed by atoms with Gasteiger partial charge in [0.15, 0.2) is 0 Å². The van der Waals surface area contributed by atoms with Crippen LogP contribution in [0.2, 0.25) is 5.02 Å². The van der Waals surface area contributed by atoms with E-state index in [4.69, 9.17) is 11.6 Å². The van der Waals surface area contributed by atoms with Gasteiger partial charge in [0.2, 0.25) is 0 Å². The van der Waals surface area contributed by atoms with E-state index in [1.54, 1.807) is 12.1 Å². The smallest absolute Gasteiger partial charge is 0.127 e. The largest absolute Gasteiger partial charge is 0.309 e. The zero-order chi connectivity index (χ0) is 12.3. The second-order valence-electron chi connectivity index (χ2n) is 4.43. The van der Waals surface area contributed by atoms with Crippen LogP contribution in [0.25, 0.3) is 0 Å². The van der Waals surface area contributed by atoms with Crippen LogP contribution in [0.1, 0.15) is 24.8 Å². The molecule has 94 valence electrons. The Morgan fingerprint density at radius 3 is 3.06 bits per heavy atom. The molecule has 0 aliphatic heterocycles. The summed E-state index contributed by atoms with van der Waals surface area (Å²) in [6, 6.07) is 5.22. The van der Waals surface area contributed by atoms with E-state index in [2.05, 4.69) is 11.6 Å². The van der Waals surface area contributed by atoms with Crippen LogP contribution in [0.4, 0.5) is 4.39 Å².